The molecule has 1 aromatic carbocycles. The van der Waals surface area contributed by atoms with Crippen molar-refractivity contribution in [1.29, 1.82) is 0 Å². The molecule has 0 spiro atoms. The first-order valence-electron chi connectivity index (χ1n) is 7.45. The monoisotopic (exact) mass is 345 g/mol. The van der Waals surface area contributed by atoms with Crippen LogP contribution in [-0.4, -0.2) is 41.2 Å². The molecule has 1 unspecified atom stereocenters. The lowest BCUT2D eigenvalue weighted by Gasteiger charge is -2.17. The van der Waals surface area contributed by atoms with Gasteiger partial charge in [-0.25, -0.2) is 22.7 Å². The minimum atomic E-state index is -3.41. The summed E-state index contributed by atoms with van der Waals surface area (Å²) < 4.78 is 27.3. The molecule has 0 aliphatic heterocycles. The van der Waals surface area contributed by atoms with Crippen molar-refractivity contribution in [2.75, 3.05) is 19.4 Å². The summed E-state index contributed by atoms with van der Waals surface area (Å²) in [5, 5.41) is 3.34. The van der Waals surface area contributed by atoms with Gasteiger partial charge in [-0.3, -0.25) is 0 Å². The first-order valence-corrected chi connectivity index (χ1v) is 8.89. The maximum atomic E-state index is 12.1. The van der Waals surface area contributed by atoms with E-state index in [9.17, 15) is 8.42 Å². The molecule has 24 heavy (non-hydrogen) atoms. The molecule has 0 aliphatic carbocycles. The highest BCUT2D eigenvalue weighted by Crippen LogP contribution is 2.23. The van der Waals surface area contributed by atoms with Gasteiger partial charge in [-0.15, -0.1) is 0 Å². The smallest absolute Gasteiger partial charge is 0.242 e. The highest BCUT2D eigenvalue weighted by atomic mass is 32.2. The van der Waals surface area contributed by atoms with Crippen LogP contribution in [0.3, 0.4) is 0 Å². The molecule has 0 saturated heterocycles. The number of aromatic nitrogens is 3. The highest BCUT2D eigenvalue weighted by Gasteiger charge is 2.17. The minimum Gasteiger partial charge on any atom is -0.362 e. The molecule has 3 rings (SSSR count). The molecule has 1 N–H and O–H groups in total. The maximum absolute atomic E-state index is 12.1. The van der Waals surface area contributed by atoms with Crippen LogP contribution in [0.25, 0.3) is 5.52 Å². The van der Waals surface area contributed by atoms with Crippen molar-refractivity contribution in [1.82, 2.24) is 18.7 Å². The van der Waals surface area contributed by atoms with E-state index in [0.29, 0.717) is 0 Å². The topological polar surface area (TPSA) is 79.6 Å². The Morgan fingerprint density at radius 3 is 2.58 bits per heavy atom. The predicted molar refractivity (Wildman–Crippen MR) is 92.3 cm³/mol. The van der Waals surface area contributed by atoms with E-state index in [4.69, 9.17) is 0 Å². The normalized spacial score (nSPS) is 13.3. The van der Waals surface area contributed by atoms with E-state index in [0.717, 1.165) is 16.9 Å². The Morgan fingerprint density at radius 1 is 1.21 bits per heavy atom. The molecule has 3 aromatic rings. The van der Waals surface area contributed by atoms with Gasteiger partial charge in [0.15, 0.2) is 5.82 Å². The van der Waals surface area contributed by atoms with Crippen molar-refractivity contribution in [3.63, 3.8) is 0 Å². The van der Waals surface area contributed by atoms with Gasteiger partial charge in [0.1, 0.15) is 5.52 Å². The number of sulfonamides is 1. The van der Waals surface area contributed by atoms with Crippen LogP contribution in [-0.2, 0) is 10.0 Å². The van der Waals surface area contributed by atoms with E-state index in [1.54, 1.807) is 30.9 Å². The second-order valence-corrected chi connectivity index (χ2v) is 7.84. The summed E-state index contributed by atoms with van der Waals surface area (Å²) in [5.41, 5.74) is 1.85. The standard InChI is InChI=1S/C16H19N5O2S/c1-12(19-16-15-10-17-11-21(15)9-8-18-16)13-4-6-14(7-5-13)24(22,23)20(2)3/h4-12H,1-3H3,(H,18,19). The van der Waals surface area contributed by atoms with Gasteiger partial charge >= 0.3 is 0 Å². The van der Waals surface area contributed by atoms with Crippen molar-refractivity contribution in [3.8, 4) is 0 Å². The number of imidazole rings is 1. The van der Waals surface area contributed by atoms with Crippen LogP contribution in [0.2, 0.25) is 0 Å². The van der Waals surface area contributed by atoms with E-state index < -0.39 is 10.0 Å². The average Bonchev–Trinajstić information content (AvgIpc) is 3.04. The molecule has 8 heteroatoms. The van der Waals surface area contributed by atoms with Crippen LogP contribution in [0.5, 0.6) is 0 Å². The van der Waals surface area contributed by atoms with E-state index >= 15 is 0 Å². The molecule has 0 bridgehead atoms. The average molecular weight is 345 g/mol. The number of hydrogen-bond donors (Lipinski definition) is 1. The molecular weight excluding hydrogens is 326 g/mol. The van der Waals surface area contributed by atoms with Crippen LogP contribution in [0.4, 0.5) is 5.82 Å². The second-order valence-electron chi connectivity index (χ2n) is 5.68. The molecule has 2 heterocycles. The Hall–Kier alpha value is -2.45. The largest absolute Gasteiger partial charge is 0.362 e. The van der Waals surface area contributed by atoms with Gasteiger partial charge < -0.3 is 9.72 Å². The van der Waals surface area contributed by atoms with Gasteiger partial charge in [0.2, 0.25) is 10.0 Å². The van der Waals surface area contributed by atoms with Crippen molar-refractivity contribution in [2.45, 2.75) is 17.9 Å². The number of nitrogens with one attached hydrogen (secondary N) is 1. The molecule has 0 aliphatic rings. The van der Waals surface area contributed by atoms with Gasteiger partial charge in [0.25, 0.3) is 0 Å². The summed E-state index contributed by atoms with van der Waals surface area (Å²) in [6.45, 7) is 2.00. The first-order chi connectivity index (χ1) is 11.4. The number of anilines is 1. The third-order valence-electron chi connectivity index (χ3n) is 3.85. The summed E-state index contributed by atoms with van der Waals surface area (Å²) in [4.78, 5) is 8.74. The molecule has 0 saturated carbocycles. The van der Waals surface area contributed by atoms with E-state index in [1.165, 1.54) is 18.4 Å². The quantitative estimate of drug-likeness (QED) is 0.766. The van der Waals surface area contributed by atoms with Crippen molar-refractivity contribution >= 4 is 21.4 Å². The molecule has 126 valence electrons. The fourth-order valence-corrected chi connectivity index (χ4v) is 3.29. The molecule has 1 atom stereocenters. The second kappa shape index (κ2) is 6.21. The lowest BCUT2D eigenvalue weighted by atomic mass is 10.1. The van der Waals surface area contributed by atoms with Crippen LogP contribution < -0.4 is 5.32 Å². The molecule has 0 radical (unpaired) electrons. The Morgan fingerprint density at radius 2 is 1.92 bits per heavy atom. The summed E-state index contributed by atoms with van der Waals surface area (Å²) in [5.74, 6) is 0.729. The summed E-state index contributed by atoms with van der Waals surface area (Å²) in [6.07, 6.45) is 7.00. The zero-order valence-electron chi connectivity index (χ0n) is 13.7. The SMILES string of the molecule is CC(Nc1nccn2cncc12)c1ccc(S(=O)(=O)N(C)C)cc1. The lowest BCUT2D eigenvalue weighted by Crippen LogP contribution is -2.22. The van der Waals surface area contributed by atoms with Crippen LogP contribution >= 0.6 is 0 Å². The van der Waals surface area contributed by atoms with Crippen molar-refractivity contribution in [2.24, 2.45) is 0 Å². The Balaban J connectivity index is 1.83. The van der Waals surface area contributed by atoms with Gasteiger partial charge in [0, 0.05) is 26.5 Å². The molecule has 0 fully saturated rings. The summed E-state index contributed by atoms with van der Waals surface area (Å²) in [7, 11) is -0.372. The van der Waals surface area contributed by atoms with Crippen LogP contribution in [0.15, 0.2) is 54.1 Å². The number of nitrogens with zero attached hydrogens (tertiary/aromatic N) is 4. The fraction of sp³-hybridized carbons (Fsp3) is 0.250. The number of benzene rings is 1. The fourth-order valence-electron chi connectivity index (χ4n) is 2.39. The highest BCUT2D eigenvalue weighted by molar-refractivity contribution is 7.89. The van der Waals surface area contributed by atoms with E-state index in [-0.39, 0.29) is 10.9 Å². The number of fused-ring (bicyclic) bond motifs is 1. The number of hydrogen-bond acceptors (Lipinski definition) is 5. The van der Waals surface area contributed by atoms with E-state index in [1.807, 2.05) is 29.7 Å². The molecule has 7 nitrogen and oxygen atoms in total. The van der Waals surface area contributed by atoms with Gasteiger partial charge in [-0.1, -0.05) is 12.1 Å². The third-order valence-corrected chi connectivity index (χ3v) is 5.68. The van der Waals surface area contributed by atoms with Gasteiger partial charge in [0.05, 0.1) is 23.5 Å². The summed E-state index contributed by atoms with van der Waals surface area (Å²) >= 11 is 0. The first kappa shape index (κ1) is 16.4. The molecule has 0 amide bonds. The Bertz CT molecular complexity index is 948. The van der Waals surface area contributed by atoms with Crippen LogP contribution in [0, 0.1) is 0 Å². The van der Waals surface area contributed by atoms with Gasteiger partial charge in [-0.2, -0.15) is 0 Å². The maximum Gasteiger partial charge on any atom is 0.242 e. The van der Waals surface area contributed by atoms with Crippen molar-refractivity contribution in [3.05, 3.63) is 54.7 Å². The predicted octanol–water partition coefficient (Wildman–Crippen LogP) is 2.15. The van der Waals surface area contributed by atoms with Crippen molar-refractivity contribution < 1.29 is 8.42 Å². The molecule has 2 aromatic heterocycles. The van der Waals surface area contributed by atoms with Crippen LogP contribution in [0.1, 0.15) is 18.5 Å². The number of rotatable bonds is 5. The lowest BCUT2D eigenvalue weighted by molar-refractivity contribution is 0.520. The Kier molecular flexibility index (Phi) is 4.25. The summed E-state index contributed by atoms with van der Waals surface area (Å²) in [6, 6.07) is 6.83. The Labute approximate surface area is 141 Å². The van der Waals surface area contributed by atoms with Gasteiger partial charge in [-0.05, 0) is 24.6 Å². The molecular formula is C16H19N5O2S. The third kappa shape index (κ3) is 2.98. The van der Waals surface area contributed by atoms with E-state index in [2.05, 4.69) is 15.3 Å². The zero-order chi connectivity index (χ0) is 17.3. The zero-order valence-corrected chi connectivity index (χ0v) is 14.5. The minimum absolute atomic E-state index is 0.0327.